The number of para-hydroxylation sites is 1. The van der Waals surface area contributed by atoms with Crippen LogP contribution in [0, 0.1) is 5.92 Å². The van der Waals surface area contributed by atoms with E-state index in [1.54, 1.807) is 29.8 Å². The molecule has 1 aromatic carbocycles. The second kappa shape index (κ2) is 5.01. The van der Waals surface area contributed by atoms with E-state index < -0.39 is 0 Å². The van der Waals surface area contributed by atoms with Gasteiger partial charge in [-0.05, 0) is 42.9 Å². The Labute approximate surface area is 142 Å². The van der Waals surface area contributed by atoms with Gasteiger partial charge in [0.1, 0.15) is 16.9 Å². The van der Waals surface area contributed by atoms with Crippen LogP contribution >= 0.6 is 11.3 Å². The molecule has 0 saturated heterocycles. The van der Waals surface area contributed by atoms with Crippen molar-refractivity contribution in [3.8, 4) is 17.1 Å². The summed E-state index contributed by atoms with van der Waals surface area (Å²) in [5.74, 6) is 1.52. The molecule has 0 saturated carbocycles. The van der Waals surface area contributed by atoms with Gasteiger partial charge in [0.25, 0.3) is 0 Å². The van der Waals surface area contributed by atoms with Gasteiger partial charge in [-0.25, -0.2) is 4.98 Å². The lowest BCUT2D eigenvalue weighted by Gasteiger charge is -2.17. The summed E-state index contributed by atoms with van der Waals surface area (Å²) in [6.07, 6.45) is 5.22. The Morgan fingerprint density at radius 1 is 1.25 bits per heavy atom. The molecule has 5 nitrogen and oxygen atoms in total. The van der Waals surface area contributed by atoms with Gasteiger partial charge >= 0.3 is 0 Å². The van der Waals surface area contributed by atoms with Crippen molar-refractivity contribution in [2.75, 3.05) is 0 Å². The molecule has 3 heterocycles. The number of phenols is 1. The minimum atomic E-state index is 0.202. The molecule has 3 aromatic heterocycles. The van der Waals surface area contributed by atoms with Crippen molar-refractivity contribution < 1.29 is 5.11 Å². The van der Waals surface area contributed by atoms with Gasteiger partial charge in [-0.3, -0.25) is 4.40 Å². The molecule has 5 rings (SSSR count). The quantitative estimate of drug-likeness (QED) is 0.574. The molecule has 1 aliphatic rings. The summed E-state index contributed by atoms with van der Waals surface area (Å²) in [6, 6.07) is 7.20. The number of hydrogen-bond donors (Lipinski definition) is 1. The van der Waals surface area contributed by atoms with Gasteiger partial charge in [-0.15, -0.1) is 21.5 Å². The van der Waals surface area contributed by atoms with Crippen molar-refractivity contribution in [2.45, 2.75) is 26.2 Å². The molecular weight excluding hydrogens is 320 g/mol. The monoisotopic (exact) mass is 336 g/mol. The number of nitrogens with zero attached hydrogens (tertiary/aromatic N) is 4. The van der Waals surface area contributed by atoms with Crippen molar-refractivity contribution in [3.05, 3.63) is 41.0 Å². The van der Waals surface area contributed by atoms with Crippen molar-refractivity contribution in [3.63, 3.8) is 0 Å². The second-order valence-electron chi connectivity index (χ2n) is 6.51. The number of hydrogen-bond acceptors (Lipinski definition) is 5. The van der Waals surface area contributed by atoms with Crippen LogP contribution in [-0.4, -0.2) is 24.7 Å². The van der Waals surface area contributed by atoms with Gasteiger partial charge in [0, 0.05) is 4.88 Å². The van der Waals surface area contributed by atoms with Gasteiger partial charge in [0.2, 0.25) is 0 Å². The number of aromatic nitrogens is 4. The maximum absolute atomic E-state index is 10.1. The van der Waals surface area contributed by atoms with E-state index in [9.17, 15) is 5.11 Å². The first-order valence-corrected chi connectivity index (χ1v) is 8.96. The zero-order chi connectivity index (χ0) is 16.3. The highest BCUT2D eigenvalue weighted by molar-refractivity contribution is 7.19. The van der Waals surface area contributed by atoms with Gasteiger partial charge in [-0.2, -0.15) is 0 Å². The number of fused-ring (bicyclic) bond motifs is 5. The highest BCUT2D eigenvalue weighted by Crippen LogP contribution is 2.39. The molecule has 0 unspecified atom stereocenters. The fraction of sp³-hybridized carbons (Fsp3) is 0.278. The third kappa shape index (κ3) is 1.89. The van der Waals surface area contributed by atoms with E-state index in [0.717, 1.165) is 28.7 Å². The zero-order valence-corrected chi connectivity index (χ0v) is 14.0. The predicted octanol–water partition coefficient (Wildman–Crippen LogP) is 3.84. The fourth-order valence-electron chi connectivity index (χ4n) is 3.59. The summed E-state index contributed by atoms with van der Waals surface area (Å²) in [5, 5.41) is 20.1. The molecule has 0 spiro atoms. The maximum Gasteiger partial charge on any atom is 0.173 e. The van der Waals surface area contributed by atoms with Crippen LogP contribution in [0.3, 0.4) is 0 Å². The van der Waals surface area contributed by atoms with Crippen LogP contribution in [0.15, 0.2) is 30.6 Å². The van der Waals surface area contributed by atoms with Crippen LogP contribution in [0.2, 0.25) is 0 Å². The lowest BCUT2D eigenvalue weighted by molar-refractivity contribution is 0.477. The maximum atomic E-state index is 10.1. The first kappa shape index (κ1) is 13.9. The Balaban J connectivity index is 1.81. The molecule has 0 fully saturated rings. The van der Waals surface area contributed by atoms with Crippen molar-refractivity contribution in [1.82, 2.24) is 19.6 Å². The van der Waals surface area contributed by atoms with E-state index >= 15 is 0 Å². The Hall–Kier alpha value is -2.47. The molecule has 120 valence electrons. The highest BCUT2D eigenvalue weighted by Gasteiger charge is 2.24. The Bertz CT molecular complexity index is 1080. The summed E-state index contributed by atoms with van der Waals surface area (Å²) in [7, 11) is 0. The number of thiophene rings is 1. The van der Waals surface area contributed by atoms with E-state index in [2.05, 4.69) is 22.1 Å². The van der Waals surface area contributed by atoms with Crippen molar-refractivity contribution in [2.24, 2.45) is 5.92 Å². The number of rotatable bonds is 1. The van der Waals surface area contributed by atoms with Gasteiger partial charge < -0.3 is 5.11 Å². The molecule has 0 bridgehead atoms. The molecule has 0 radical (unpaired) electrons. The summed E-state index contributed by atoms with van der Waals surface area (Å²) >= 11 is 1.78. The molecule has 4 aromatic rings. The third-order valence-corrected chi connectivity index (χ3v) is 6.04. The highest BCUT2D eigenvalue weighted by atomic mass is 32.1. The van der Waals surface area contributed by atoms with E-state index in [0.29, 0.717) is 17.3 Å². The molecule has 24 heavy (non-hydrogen) atoms. The second-order valence-corrected chi connectivity index (χ2v) is 7.59. The van der Waals surface area contributed by atoms with Crippen LogP contribution in [-0.2, 0) is 12.8 Å². The molecule has 0 aliphatic heterocycles. The van der Waals surface area contributed by atoms with Crippen LogP contribution in [0.4, 0.5) is 0 Å². The van der Waals surface area contributed by atoms with Crippen LogP contribution < -0.4 is 0 Å². The van der Waals surface area contributed by atoms with E-state index in [4.69, 9.17) is 0 Å². The Morgan fingerprint density at radius 2 is 2.12 bits per heavy atom. The average molecular weight is 336 g/mol. The van der Waals surface area contributed by atoms with Crippen LogP contribution in [0.1, 0.15) is 23.8 Å². The first-order valence-electron chi connectivity index (χ1n) is 8.14. The number of phenolic OH excluding ortho intramolecular Hbond substituents is 1. The molecule has 1 aliphatic carbocycles. The van der Waals surface area contributed by atoms with Crippen molar-refractivity contribution in [1.29, 1.82) is 0 Å². The Morgan fingerprint density at radius 3 is 3.00 bits per heavy atom. The standard InChI is InChI=1S/C18H16N4OS/c1-10-6-7-14-12(8-10)15-17-21-20-16(11-4-2-3-5-13(11)23)22(17)9-19-18(15)24-14/h2-5,9-10,23H,6-8H2,1H3/t10-/m0/s1. The smallest absolute Gasteiger partial charge is 0.173 e. The van der Waals surface area contributed by atoms with E-state index in [1.165, 1.54) is 16.9 Å². The third-order valence-electron chi connectivity index (χ3n) is 4.84. The lowest BCUT2D eigenvalue weighted by atomic mass is 9.89. The number of aryl methyl sites for hydroxylation is 1. The van der Waals surface area contributed by atoms with Crippen LogP contribution in [0.25, 0.3) is 27.3 Å². The molecule has 1 atom stereocenters. The van der Waals surface area contributed by atoms with E-state index in [1.807, 2.05) is 16.5 Å². The SMILES string of the molecule is C[C@H]1CCc2sc3ncn4c(-c5ccccc5O)nnc4c3c2C1. The van der Waals surface area contributed by atoms with Gasteiger partial charge in [0.15, 0.2) is 11.5 Å². The largest absolute Gasteiger partial charge is 0.507 e. The summed E-state index contributed by atoms with van der Waals surface area (Å²) in [5.41, 5.74) is 2.90. The van der Waals surface area contributed by atoms with Gasteiger partial charge in [-0.1, -0.05) is 19.1 Å². The zero-order valence-electron chi connectivity index (χ0n) is 13.2. The number of aromatic hydroxyl groups is 1. The Kier molecular flexibility index (Phi) is 2.91. The normalized spacial score (nSPS) is 17.5. The molecular formula is C18H16N4OS. The molecule has 1 N–H and O–H groups in total. The van der Waals surface area contributed by atoms with Gasteiger partial charge in [0.05, 0.1) is 10.9 Å². The minimum Gasteiger partial charge on any atom is -0.507 e. The summed E-state index contributed by atoms with van der Waals surface area (Å²) < 4.78 is 1.89. The minimum absolute atomic E-state index is 0.202. The lowest BCUT2D eigenvalue weighted by Crippen LogP contribution is -2.09. The molecule has 6 heteroatoms. The summed E-state index contributed by atoms with van der Waals surface area (Å²) in [4.78, 5) is 7.13. The van der Waals surface area contributed by atoms with Crippen LogP contribution in [0.5, 0.6) is 5.75 Å². The average Bonchev–Trinajstić information content (AvgIpc) is 3.15. The van der Waals surface area contributed by atoms with E-state index in [-0.39, 0.29) is 5.75 Å². The summed E-state index contributed by atoms with van der Waals surface area (Å²) in [6.45, 7) is 2.30. The number of benzene rings is 1. The first-order chi connectivity index (χ1) is 11.7. The van der Waals surface area contributed by atoms with Crippen molar-refractivity contribution >= 4 is 27.2 Å². The predicted molar refractivity (Wildman–Crippen MR) is 94.5 cm³/mol. The molecule has 0 amide bonds. The fourth-order valence-corrected chi connectivity index (χ4v) is 4.77. The topological polar surface area (TPSA) is 63.3 Å².